The highest BCUT2D eigenvalue weighted by molar-refractivity contribution is 6.06. The van der Waals surface area contributed by atoms with E-state index in [9.17, 15) is 14.7 Å². The van der Waals surface area contributed by atoms with Crippen LogP contribution in [0.25, 0.3) is 11.1 Å². The molecule has 0 fully saturated rings. The molecule has 11 nitrogen and oxygen atoms in total. The Hall–Kier alpha value is -7.14. The summed E-state index contributed by atoms with van der Waals surface area (Å²) in [6.45, 7) is 0.596. The summed E-state index contributed by atoms with van der Waals surface area (Å²) in [5, 5.41) is 9.69. The van der Waals surface area contributed by atoms with Crippen molar-refractivity contribution in [1.29, 1.82) is 0 Å². The van der Waals surface area contributed by atoms with Gasteiger partial charge in [0.1, 0.15) is 5.75 Å². The van der Waals surface area contributed by atoms with Crippen LogP contribution in [-0.2, 0) is 6.42 Å². The van der Waals surface area contributed by atoms with Crippen LogP contribution in [0.2, 0.25) is 0 Å². The Morgan fingerprint density at radius 3 is 1.58 bits per heavy atom. The van der Waals surface area contributed by atoms with Gasteiger partial charge in [-0.2, -0.15) is 0 Å². The van der Waals surface area contributed by atoms with Gasteiger partial charge >= 0.3 is 0 Å². The first-order valence-corrected chi connectivity index (χ1v) is 19.6. The van der Waals surface area contributed by atoms with Crippen LogP contribution in [0.5, 0.6) is 28.7 Å². The van der Waals surface area contributed by atoms with Crippen LogP contribution in [0.1, 0.15) is 62.2 Å². The summed E-state index contributed by atoms with van der Waals surface area (Å²) in [6, 6.07) is 32.3. The molecule has 2 atom stereocenters. The Balaban J connectivity index is 0.826. The van der Waals surface area contributed by atoms with Gasteiger partial charge in [-0.15, -0.1) is 0 Å². The van der Waals surface area contributed by atoms with Crippen molar-refractivity contribution in [2.45, 2.75) is 37.8 Å². The van der Waals surface area contributed by atoms with E-state index in [0.29, 0.717) is 78.0 Å². The minimum atomic E-state index is -0.235. The molecule has 1 N–H and O–H groups in total. The van der Waals surface area contributed by atoms with Gasteiger partial charge in [0.2, 0.25) is 0 Å². The first-order chi connectivity index (χ1) is 28.8. The van der Waals surface area contributed by atoms with Gasteiger partial charge in [-0.3, -0.25) is 19.6 Å². The Morgan fingerprint density at radius 2 is 1.08 bits per heavy atom. The normalized spacial score (nSPS) is 17.6. The zero-order valence-electron chi connectivity index (χ0n) is 32.7. The van der Waals surface area contributed by atoms with E-state index in [0.717, 1.165) is 28.7 Å². The standard InChI is InChI=1S/C48H42N4O7/c1-56-43-22-39-41(49-26-36-20-34(28-51(36)47(39)54)32-11-9-31(10-12-32)19-30-7-4-3-5-8-30)24-45(43)58-17-6-18-59-46-25-42-40(23-44(46)57-2)48(55)52-29-35(21-37(52)27-50-42)33-13-15-38(53)16-14-33/h3-5,7-16,22-29,36-37,53H,6,17-21H2,1-2H3/t36?,37-/m0/s1. The molecule has 4 aliphatic heterocycles. The lowest BCUT2D eigenvalue weighted by Gasteiger charge is -2.19. The lowest BCUT2D eigenvalue weighted by molar-refractivity contribution is 0.0809. The first-order valence-electron chi connectivity index (χ1n) is 19.6. The second-order valence-corrected chi connectivity index (χ2v) is 14.8. The predicted octanol–water partition coefficient (Wildman–Crippen LogP) is 8.79. The number of methoxy groups -OCH3 is 2. The molecule has 11 heteroatoms. The third-order valence-electron chi connectivity index (χ3n) is 11.0. The maximum absolute atomic E-state index is 13.9. The van der Waals surface area contributed by atoms with Crippen molar-refractivity contribution in [3.05, 3.63) is 149 Å². The highest BCUT2D eigenvalue weighted by Gasteiger charge is 2.35. The lowest BCUT2D eigenvalue weighted by atomic mass is 9.99. The van der Waals surface area contributed by atoms with E-state index < -0.39 is 0 Å². The van der Waals surface area contributed by atoms with Crippen LogP contribution in [0.15, 0.2) is 126 Å². The third kappa shape index (κ3) is 7.54. The lowest BCUT2D eigenvalue weighted by Crippen LogP contribution is -2.32. The number of benzene rings is 5. The number of rotatable bonds is 12. The molecule has 0 aromatic heterocycles. The summed E-state index contributed by atoms with van der Waals surface area (Å²) in [7, 11) is 3.08. The van der Waals surface area contributed by atoms with Crippen LogP contribution >= 0.6 is 0 Å². The van der Waals surface area contributed by atoms with E-state index in [1.54, 1.807) is 59.5 Å². The average Bonchev–Trinajstić information content (AvgIpc) is 3.84. The molecule has 5 aromatic rings. The monoisotopic (exact) mass is 786 g/mol. The van der Waals surface area contributed by atoms with Gasteiger partial charge in [-0.05, 0) is 64.1 Å². The molecule has 9 rings (SSSR count). The molecule has 4 aliphatic rings. The number of phenolic OH excluding ortho intramolecular Hbond substituents is 1. The molecule has 0 spiro atoms. The fraction of sp³-hybridized carbons (Fsp3) is 0.208. The number of aromatic hydroxyl groups is 1. The SMILES string of the molecule is COc1cc2c(cc1OCCCOc1cc3c(cc1OC)C(=O)N1C=C(c4ccc(O)cc4)C[C@H]1C=N3)N=CC1CC(c3ccc(Cc4ccccc4)cc3)=CN1C2=O. The van der Waals surface area contributed by atoms with Crippen molar-refractivity contribution in [1.82, 2.24) is 9.80 Å². The van der Waals surface area contributed by atoms with Crippen LogP contribution in [0, 0.1) is 0 Å². The molecule has 0 saturated heterocycles. The fourth-order valence-electron chi connectivity index (χ4n) is 7.91. The van der Waals surface area contributed by atoms with Gasteiger partial charge in [0.15, 0.2) is 23.0 Å². The number of hydrogen-bond acceptors (Lipinski definition) is 9. The van der Waals surface area contributed by atoms with Crippen molar-refractivity contribution in [2.75, 3.05) is 27.4 Å². The van der Waals surface area contributed by atoms with Crippen LogP contribution in [0.3, 0.4) is 0 Å². The maximum Gasteiger partial charge on any atom is 0.260 e. The molecular weight excluding hydrogens is 745 g/mol. The highest BCUT2D eigenvalue weighted by atomic mass is 16.5. The minimum absolute atomic E-state index is 0.145. The Labute approximate surface area is 342 Å². The third-order valence-corrected chi connectivity index (χ3v) is 11.0. The van der Waals surface area contributed by atoms with E-state index in [1.807, 2.05) is 36.8 Å². The molecule has 0 saturated carbocycles. The number of amides is 2. The first kappa shape index (κ1) is 37.4. The zero-order chi connectivity index (χ0) is 40.5. The molecule has 2 amide bonds. The fourth-order valence-corrected chi connectivity index (χ4v) is 7.91. The topological polar surface area (TPSA) is 122 Å². The largest absolute Gasteiger partial charge is 0.508 e. The van der Waals surface area contributed by atoms with Gasteiger partial charge in [-0.25, -0.2) is 0 Å². The van der Waals surface area contributed by atoms with Gasteiger partial charge in [0.25, 0.3) is 11.8 Å². The van der Waals surface area contributed by atoms with E-state index in [-0.39, 0.29) is 29.6 Å². The number of fused-ring (bicyclic) bond motifs is 4. The molecule has 1 unspecified atom stereocenters. The summed E-state index contributed by atoms with van der Waals surface area (Å²) in [5.74, 6) is 1.66. The van der Waals surface area contributed by atoms with Gasteiger partial charge in [0, 0.05) is 56.2 Å². The smallest absolute Gasteiger partial charge is 0.260 e. The van der Waals surface area contributed by atoms with Gasteiger partial charge < -0.3 is 33.9 Å². The quantitative estimate of drug-likeness (QED) is 0.126. The minimum Gasteiger partial charge on any atom is -0.508 e. The number of ether oxygens (including phenoxy) is 4. The molecule has 59 heavy (non-hydrogen) atoms. The van der Waals surface area contributed by atoms with Crippen molar-refractivity contribution in [3.63, 3.8) is 0 Å². The molecule has 4 heterocycles. The number of nitrogens with zero attached hydrogens (tertiary/aromatic N) is 4. The summed E-state index contributed by atoms with van der Waals surface area (Å²) >= 11 is 0. The summed E-state index contributed by atoms with van der Waals surface area (Å²) in [6.07, 6.45) is 10.1. The zero-order valence-corrected chi connectivity index (χ0v) is 32.7. The Kier molecular flexibility index (Phi) is 10.2. The second kappa shape index (κ2) is 16.0. The maximum atomic E-state index is 13.9. The molecule has 296 valence electrons. The van der Waals surface area contributed by atoms with Crippen molar-refractivity contribution >= 4 is 46.8 Å². The number of phenols is 1. The van der Waals surface area contributed by atoms with Gasteiger partial charge in [0.05, 0.1) is 62.0 Å². The van der Waals surface area contributed by atoms with Crippen molar-refractivity contribution < 1.29 is 33.6 Å². The van der Waals surface area contributed by atoms with E-state index in [4.69, 9.17) is 23.9 Å². The highest BCUT2D eigenvalue weighted by Crippen LogP contribution is 2.42. The number of aliphatic imine (C=N–C) groups is 2. The number of hydrogen-bond donors (Lipinski definition) is 1. The summed E-state index contributed by atoms with van der Waals surface area (Å²) in [4.78, 5) is 40.5. The van der Waals surface area contributed by atoms with Crippen molar-refractivity contribution in [2.24, 2.45) is 9.98 Å². The van der Waals surface area contributed by atoms with Crippen LogP contribution in [-0.4, -0.2) is 78.7 Å². The average molecular weight is 787 g/mol. The number of carbonyl (C=O) groups excluding carboxylic acids is 2. The molecule has 0 bridgehead atoms. The van der Waals surface area contributed by atoms with Crippen LogP contribution < -0.4 is 18.9 Å². The molecule has 0 aliphatic carbocycles. The van der Waals surface area contributed by atoms with Crippen LogP contribution in [0.4, 0.5) is 11.4 Å². The van der Waals surface area contributed by atoms with E-state index in [1.165, 1.54) is 18.2 Å². The Bertz CT molecular complexity index is 2550. The van der Waals surface area contributed by atoms with Crippen molar-refractivity contribution in [3.8, 4) is 28.7 Å². The molecule has 5 aromatic carbocycles. The van der Waals surface area contributed by atoms with Gasteiger partial charge in [-0.1, -0.05) is 66.7 Å². The molecular formula is C48H42N4O7. The predicted molar refractivity (Wildman–Crippen MR) is 227 cm³/mol. The second-order valence-electron chi connectivity index (χ2n) is 14.8. The number of carbonyl (C=O) groups is 2. The Morgan fingerprint density at radius 1 is 0.610 bits per heavy atom. The summed E-state index contributed by atoms with van der Waals surface area (Å²) in [5.41, 5.74) is 8.48. The summed E-state index contributed by atoms with van der Waals surface area (Å²) < 4.78 is 23.6. The van der Waals surface area contributed by atoms with E-state index >= 15 is 0 Å². The molecule has 0 radical (unpaired) electrons. The van der Waals surface area contributed by atoms with E-state index in [2.05, 4.69) is 53.5 Å².